The van der Waals surface area contributed by atoms with Gasteiger partial charge in [0.1, 0.15) is 0 Å². The third kappa shape index (κ3) is 8.14. The molecule has 0 aromatic carbocycles. The number of esters is 1. The molecule has 0 aromatic rings. The van der Waals surface area contributed by atoms with Crippen molar-refractivity contribution in [2.75, 3.05) is 0 Å². The molecule has 0 heterocycles. The second-order valence-corrected chi connectivity index (χ2v) is 2.21. The largest absolute Gasteiger partial charge is 0.478 e. The summed E-state index contributed by atoms with van der Waals surface area (Å²) in [5.41, 5.74) is 0. The summed E-state index contributed by atoms with van der Waals surface area (Å²) < 4.78 is 4.66. The average Bonchev–Trinajstić information content (AvgIpc) is 1.96. The summed E-state index contributed by atoms with van der Waals surface area (Å²) in [6.07, 6.45) is 1.58. The molecular formula is C9H10O4. The SMILES string of the molecule is CC(=O)OC(C)C#C/C=C\C(=O)O. The van der Waals surface area contributed by atoms with Crippen LogP contribution in [0, 0.1) is 11.8 Å². The van der Waals surface area contributed by atoms with E-state index < -0.39 is 18.0 Å². The highest BCUT2D eigenvalue weighted by atomic mass is 16.5. The summed E-state index contributed by atoms with van der Waals surface area (Å²) in [6, 6.07) is 0. The molecule has 4 nitrogen and oxygen atoms in total. The van der Waals surface area contributed by atoms with Crippen molar-refractivity contribution in [2.24, 2.45) is 0 Å². The van der Waals surface area contributed by atoms with Gasteiger partial charge in [0.05, 0.1) is 0 Å². The molecular weight excluding hydrogens is 172 g/mol. The lowest BCUT2D eigenvalue weighted by Crippen LogP contribution is -2.09. The second-order valence-electron chi connectivity index (χ2n) is 2.21. The number of carboxylic acids is 1. The molecule has 0 saturated heterocycles. The van der Waals surface area contributed by atoms with Crippen LogP contribution in [0.1, 0.15) is 13.8 Å². The monoisotopic (exact) mass is 182 g/mol. The maximum atomic E-state index is 10.4. The number of carbonyl (C=O) groups excluding carboxylic acids is 1. The first kappa shape index (κ1) is 11.2. The van der Waals surface area contributed by atoms with Crippen molar-refractivity contribution in [3.05, 3.63) is 12.2 Å². The smallest absolute Gasteiger partial charge is 0.328 e. The maximum Gasteiger partial charge on any atom is 0.328 e. The van der Waals surface area contributed by atoms with Gasteiger partial charge in [-0.2, -0.15) is 0 Å². The molecule has 13 heavy (non-hydrogen) atoms. The Morgan fingerprint density at radius 2 is 2.15 bits per heavy atom. The number of rotatable bonds is 2. The minimum absolute atomic E-state index is 0.413. The van der Waals surface area contributed by atoms with E-state index in [1.807, 2.05) is 0 Å². The van der Waals surface area contributed by atoms with Crippen LogP contribution in [0.4, 0.5) is 0 Å². The summed E-state index contributed by atoms with van der Waals surface area (Å²) in [5.74, 6) is 3.49. The van der Waals surface area contributed by atoms with Crippen LogP contribution >= 0.6 is 0 Å². The van der Waals surface area contributed by atoms with Gasteiger partial charge >= 0.3 is 11.9 Å². The lowest BCUT2D eigenvalue weighted by atomic mass is 10.4. The van der Waals surface area contributed by atoms with Crippen LogP contribution in [0.2, 0.25) is 0 Å². The van der Waals surface area contributed by atoms with E-state index in [-0.39, 0.29) is 0 Å². The van der Waals surface area contributed by atoms with Crippen molar-refractivity contribution in [3.8, 4) is 11.8 Å². The summed E-state index contributed by atoms with van der Waals surface area (Å²) in [7, 11) is 0. The van der Waals surface area contributed by atoms with Crippen molar-refractivity contribution in [3.63, 3.8) is 0 Å². The van der Waals surface area contributed by atoms with Crippen molar-refractivity contribution >= 4 is 11.9 Å². The van der Waals surface area contributed by atoms with E-state index in [0.29, 0.717) is 0 Å². The Kier molecular flexibility index (Phi) is 5.05. The highest BCUT2D eigenvalue weighted by Gasteiger charge is 1.98. The zero-order valence-electron chi connectivity index (χ0n) is 7.40. The van der Waals surface area contributed by atoms with Crippen molar-refractivity contribution in [1.29, 1.82) is 0 Å². The molecule has 1 unspecified atom stereocenters. The molecule has 1 atom stereocenters. The molecule has 0 radical (unpaired) electrons. The predicted molar refractivity (Wildman–Crippen MR) is 45.8 cm³/mol. The Hall–Kier alpha value is -1.76. The Balaban J connectivity index is 3.95. The van der Waals surface area contributed by atoms with E-state index in [0.717, 1.165) is 6.08 Å². The Labute approximate surface area is 76.2 Å². The molecule has 0 aliphatic carbocycles. The Morgan fingerprint density at radius 3 is 2.62 bits per heavy atom. The topological polar surface area (TPSA) is 63.6 Å². The number of ether oxygens (including phenoxy) is 1. The van der Waals surface area contributed by atoms with Gasteiger partial charge in [0.25, 0.3) is 0 Å². The fourth-order valence-electron chi connectivity index (χ4n) is 0.557. The first-order valence-electron chi connectivity index (χ1n) is 3.60. The number of aliphatic carboxylic acids is 1. The van der Waals surface area contributed by atoms with Crippen LogP contribution in [0.15, 0.2) is 12.2 Å². The van der Waals surface area contributed by atoms with Gasteiger partial charge in [0, 0.05) is 13.0 Å². The molecule has 0 saturated carbocycles. The lowest BCUT2D eigenvalue weighted by molar-refractivity contribution is -0.143. The fourth-order valence-corrected chi connectivity index (χ4v) is 0.557. The number of carbonyl (C=O) groups is 2. The Morgan fingerprint density at radius 1 is 1.54 bits per heavy atom. The maximum absolute atomic E-state index is 10.4. The normalized spacial score (nSPS) is 11.5. The standard InChI is InChI=1S/C9H10O4/c1-7(13-8(2)10)5-3-4-6-9(11)12/h4,6-7H,1-2H3,(H,11,12)/b6-4-. The van der Waals surface area contributed by atoms with Gasteiger partial charge in [-0.1, -0.05) is 11.8 Å². The van der Waals surface area contributed by atoms with Crippen LogP contribution in [0.3, 0.4) is 0 Å². The van der Waals surface area contributed by atoms with Crippen LogP contribution < -0.4 is 0 Å². The van der Waals surface area contributed by atoms with Gasteiger partial charge in [-0.15, -0.1) is 0 Å². The zero-order valence-corrected chi connectivity index (χ0v) is 7.40. The van der Waals surface area contributed by atoms with Gasteiger partial charge in [0.15, 0.2) is 6.10 Å². The number of carboxylic acid groups (broad SMARTS) is 1. The molecule has 0 fully saturated rings. The third-order valence-electron chi connectivity index (χ3n) is 0.939. The van der Waals surface area contributed by atoms with Crippen LogP contribution in [-0.4, -0.2) is 23.1 Å². The highest BCUT2D eigenvalue weighted by Crippen LogP contribution is 1.87. The van der Waals surface area contributed by atoms with Crippen LogP contribution in [0.5, 0.6) is 0 Å². The quantitative estimate of drug-likeness (QED) is 0.385. The predicted octanol–water partition coefficient (Wildman–Crippen LogP) is 0.582. The van der Waals surface area contributed by atoms with E-state index in [4.69, 9.17) is 5.11 Å². The van der Waals surface area contributed by atoms with E-state index in [1.165, 1.54) is 13.0 Å². The van der Waals surface area contributed by atoms with Gasteiger partial charge in [-0.3, -0.25) is 4.79 Å². The lowest BCUT2D eigenvalue weighted by Gasteiger charge is -2.01. The molecule has 0 rings (SSSR count). The van der Waals surface area contributed by atoms with Crippen molar-refractivity contribution in [1.82, 2.24) is 0 Å². The first-order valence-corrected chi connectivity index (χ1v) is 3.60. The molecule has 1 N–H and O–H groups in total. The van der Waals surface area contributed by atoms with E-state index in [2.05, 4.69) is 16.6 Å². The number of hydrogen-bond acceptors (Lipinski definition) is 3. The molecule has 70 valence electrons. The molecule has 0 aliphatic rings. The number of allylic oxidation sites excluding steroid dienone is 1. The molecule has 0 bridgehead atoms. The average molecular weight is 182 g/mol. The molecule has 4 heteroatoms. The summed E-state index contributed by atoms with van der Waals surface area (Å²) in [6.45, 7) is 2.88. The van der Waals surface area contributed by atoms with Gasteiger partial charge in [0.2, 0.25) is 0 Å². The highest BCUT2D eigenvalue weighted by molar-refractivity contribution is 5.80. The minimum Gasteiger partial charge on any atom is -0.478 e. The van der Waals surface area contributed by atoms with E-state index in [1.54, 1.807) is 6.92 Å². The van der Waals surface area contributed by atoms with Crippen LogP contribution in [0.25, 0.3) is 0 Å². The second kappa shape index (κ2) is 5.84. The molecule has 0 aromatic heterocycles. The van der Waals surface area contributed by atoms with Crippen LogP contribution in [-0.2, 0) is 14.3 Å². The summed E-state index contributed by atoms with van der Waals surface area (Å²) in [5, 5.41) is 8.18. The number of hydrogen-bond donors (Lipinski definition) is 1. The van der Waals surface area contributed by atoms with Gasteiger partial charge in [-0.25, -0.2) is 4.79 Å². The molecule has 0 aliphatic heterocycles. The van der Waals surface area contributed by atoms with Gasteiger partial charge < -0.3 is 9.84 Å². The van der Waals surface area contributed by atoms with E-state index in [9.17, 15) is 9.59 Å². The van der Waals surface area contributed by atoms with Crippen molar-refractivity contribution < 1.29 is 19.4 Å². The molecule has 0 amide bonds. The minimum atomic E-state index is -1.06. The fraction of sp³-hybridized carbons (Fsp3) is 0.333. The zero-order chi connectivity index (χ0) is 10.3. The summed E-state index contributed by atoms with van der Waals surface area (Å²) >= 11 is 0. The van der Waals surface area contributed by atoms with Gasteiger partial charge in [-0.05, 0) is 13.0 Å². The summed E-state index contributed by atoms with van der Waals surface area (Å²) in [4.78, 5) is 20.4. The Bertz CT molecular complexity index is 280. The van der Waals surface area contributed by atoms with E-state index >= 15 is 0 Å². The van der Waals surface area contributed by atoms with Crippen molar-refractivity contribution in [2.45, 2.75) is 20.0 Å². The third-order valence-corrected chi connectivity index (χ3v) is 0.939. The molecule has 0 spiro atoms. The first-order chi connectivity index (χ1) is 6.02.